The fourth-order valence-corrected chi connectivity index (χ4v) is 3.02. The number of hydrogen-bond acceptors (Lipinski definition) is 4. The minimum absolute atomic E-state index is 0.237. The van der Waals surface area contributed by atoms with Crippen molar-refractivity contribution < 1.29 is 13.9 Å². The van der Waals surface area contributed by atoms with E-state index in [0.717, 1.165) is 15.6 Å². The molecule has 0 saturated carbocycles. The molecular formula is C19H16BrClN2O3. The highest BCUT2D eigenvalue weighted by atomic mass is 79.9. The summed E-state index contributed by atoms with van der Waals surface area (Å²) in [5, 5.41) is 3.16. The Labute approximate surface area is 164 Å². The highest BCUT2D eigenvalue weighted by Gasteiger charge is 2.19. The summed E-state index contributed by atoms with van der Waals surface area (Å²) < 4.78 is 11.9. The topological polar surface area (TPSA) is 64.4 Å². The molecule has 1 unspecified atom stereocenters. The van der Waals surface area contributed by atoms with E-state index >= 15 is 0 Å². The molecule has 1 amide bonds. The predicted octanol–water partition coefficient (Wildman–Crippen LogP) is 6.38. The molecule has 3 aromatic rings. The maximum absolute atomic E-state index is 12.3. The number of carbonyl (C=O) groups excluding carboxylic acids is 1. The third-order valence-electron chi connectivity index (χ3n) is 3.69. The number of amides is 1. The summed E-state index contributed by atoms with van der Waals surface area (Å²) in [5.74, 6) is 0.679. The number of ether oxygens (including phenoxy) is 1. The lowest BCUT2D eigenvalue weighted by molar-refractivity contribution is 0.120. The van der Waals surface area contributed by atoms with Crippen LogP contribution >= 0.6 is 27.5 Å². The van der Waals surface area contributed by atoms with E-state index in [1.807, 2.05) is 42.5 Å². The first-order valence-corrected chi connectivity index (χ1v) is 9.06. The molecule has 0 saturated heterocycles. The molecule has 0 aliphatic carbocycles. The first kappa shape index (κ1) is 18.5. The lowest BCUT2D eigenvalue weighted by Gasteiger charge is -2.15. The molecule has 1 aromatic heterocycles. The number of halogens is 2. The smallest absolute Gasteiger partial charge is 0.414 e. The van der Waals surface area contributed by atoms with Crippen molar-refractivity contribution in [2.45, 2.75) is 20.0 Å². The summed E-state index contributed by atoms with van der Waals surface area (Å²) in [4.78, 5) is 16.6. The van der Waals surface area contributed by atoms with Gasteiger partial charge in [-0.25, -0.2) is 9.78 Å². The Kier molecular flexibility index (Phi) is 5.64. The number of anilines is 1. The second kappa shape index (κ2) is 7.93. The Morgan fingerprint density at radius 3 is 2.62 bits per heavy atom. The molecule has 26 heavy (non-hydrogen) atoms. The lowest BCUT2D eigenvalue weighted by Crippen LogP contribution is -2.16. The highest BCUT2D eigenvalue weighted by Crippen LogP contribution is 2.30. The first-order chi connectivity index (χ1) is 12.4. The van der Waals surface area contributed by atoms with Crippen molar-refractivity contribution in [1.29, 1.82) is 0 Å². The van der Waals surface area contributed by atoms with Crippen molar-refractivity contribution in [3.05, 3.63) is 69.5 Å². The zero-order valence-corrected chi connectivity index (χ0v) is 16.5. The maximum Gasteiger partial charge on any atom is 0.414 e. The number of aryl methyl sites for hydroxylation is 1. The summed E-state index contributed by atoms with van der Waals surface area (Å²) >= 11 is 9.53. The van der Waals surface area contributed by atoms with Crippen LogP contribution in [0.4, 0.5) is 10.7 Å². The average Bonchev–Trinajstić information content (AvgIpc) is 2.96. The van der Waals surface area contributed by atoms with Crippen LogP contribution < -0.4 is 5.32 Å². The SMILES string of the molecule is Cc1nc(-c2ccc(Br)cc2)c(NC(=O)OC(C)c2ccccc2Cl)o1. The van der Waals surface area contributed by atoms with Crippen molar-refractivity contribution >= 4 is 39.5 Å². The molecule has 0 aliphatic rings. The van der Waals surface area contributed by atoms with Gasteiger partial charge in [0.2, 0.25) is 5.88 Å². The molecule has 1 heterocycles. The zero-order valence-electron chi connectivity index (χ0n) is 14.1. The molecule has 134 valence electrons. The van der Waals surface area contributed by atoms with E-state index in [1.165, 1.54) is 0 Å². The van der Waals surface area contributed by atoms with Crippen LogP contribution in [0.1, 0.15) is 24.5 Å². The molecular weight excluding hydrogens is 420 g/mol. The minimum Gasteiger partial charge on any atom is -0.441 e. The first-order valence-electron chi connectivity index (χ1n) is 7.89. The molecule has 1 N–H and O–H groups in total. The van der Waals surface area contributed by atoms with Crippen LogP contribution in [0.3, 0.4) is 0 Å². The summed E-state index contributed by atoms with van der Waals surface area (Å²) in [6.45, 7) is 3.47. The lowest BCUT2D eigenvalue weighted by atomic mass is 10.1. The van der Waals surface area contributed by atoms with Gasteiger partial charge in [0, 0.05) is 27.5 Å². The second-order valence-electron chi connectivity index (χ2n) is 5.61. The summed E-state index contributed by atoms with van der Waals surface area (Å²) in [6.07, 6.45) is -1.16. The number of oxazole rings is 1. The van der Waals surface area contributed by atoms with E-state index < -0.39 is 12.2 Å². The highest BCUT2D eigenvalue weighted by molar-refractivity contribution is 9.10. The van der Waals surface area contributed by atoms with Gasteiger partial charge in [-0.1, -0.05) is 57.9 Å². The van der Waals surface area contributed by atoms with Crippen molar-refractivity contribution in [1.82, 2.24) is 4.98 Å². The number of aromatic nitrogens is 1. The zero-order chi connectivity index (χ0) is 18.7. The van der Waals surface area contributed by atoms with Gasteiger partial charge in [-0.2, -0.15) is 0 Å². The van der Waals surface area contributed by atoms with Gasteiger partial charge < -0.3 is 9.15 Å². The van der Waals surface area contributed by atoms with Crippen LogP contribution in [0.2, 0.25) is 5.02 Å². The molecule has 5 nitrogen and oxygen atoms in total. The van der Waals surface area contributed by atoms with Gasteiger partial charge in [0.15, 0.2) is 5.89 Å². The summed E-state index contributed by atoms with van der Waals surface area (Å²) in [7, 11) is 0. The number of rotatable bonds is 4. The Balaban J connectivity index is 1.76. The van der Waals surface area contributed by atoms with Gasteiger partial charge in [-0.05, 0) is 25.1 Å². The average molecular weight is 436 g/mol. The van der Waals surface area contributed by atoms with E-state index in [2.05, 4.69) is 26.2 Å². The quantitative estimate of drug-likeness (QED) is 0.517. The number of carbonyl (C=O) groups is 1. The van der Waals surface area contributed by atoms with Gasteiger partial charge >= 0.3 is 6.09 Å². The van der Waals surface area contributed by atoms with Gasteiger partial charge in [-0.15, -0.1) is 0 Å². The molecule has 0 fully saturated rings. The van der Waals surface area contributed by atoms with Crippen molar-refractivity contribution in [3.8, 4) is 11.3 Å². The van der Waals surface area contributed by atoms with Gasteiger partial charge in [0.25, 0.3) is 0 Å². The van der Waals surface area contributed by atoms with Crippen LogP contribution in [0, 0.1) is 6.92 Å². The molecule has 0 bridgehead atoms. The predicted molar refractivity (Wildman–Crippen MR) is 104 cm³/mol. The molecule has 7 heteroatoms. The van der Waals surface area contributed by atoms with Crippen molar-refractivity contribution in [2.75, 3.05) is 5.32 Å². The van der Waals surface area contributed by atoms with Crippen molar-refractivity contribution in [3.63, 3.8) is 0 Å². The molecule has 2 aromatic carbocycles. The largest absolute Gasteiger partial charge is 0.441 e. The van der Waals surface area contributed by atoms with Crippen LogP contribution in [0.25, 0.3) is 11.3 Å². The summed E-state index contributed by atoms with van der Waals surface area (Å²) in [6, 6.07) is 14.8. The van der Waals surface area contributed by atoms with Gasteiger partial charge in [-0.3, -0.25) is 5.32 Å². The van der Waals surface area contributed by atoms with Crippen LogP contribution in [-0.4, -0.2) is 11.1 Å². The maximum atomic E-state index is 12.3. The normalized spacial score (nSPS) is 11.8. The molecule has 1 atom stereocenters. The molecule has 3 rings (SSSR count). The fraction of sp³-hybridized carbons (Fsp3) is 0.158. The standard InChI is InChI=1S/C19H16BrClN2O3/c1-11(15-5-3-4-6-16(15)21)25-19(24)23-18-17(22-12(2)26-18)13-7-9-14(20)10-8-13/h3-11H,1-2H3,(H,23,24). The van der Waals surface area contributed by atoms with Crippen LogP contribution in [0.5, 0.6) is 0 Å². The third kappa shape index (κ3) is 4.26. The number of benzene rings is 2. The molecule has 0 radical (unpaired) electrons. The van der Waals surface area contributed by atoms with Gasteiger partial charge in [0.1, 0.15) is 11.8 Å². The Bertz CT molecular complexity index is 925. The van der Waals surface area contributed by atoms with E-state index in [9.17, 15) is 4.79 Å². The fourth-order valence-electron chi connectivity index (χ4n) is 2.47. The minimum atomic E-state index is -0.646. The van der Waals surface area contributed by atoms with E-state index in [4.69, 9.17) is 20.8 Å². The number of nitrogens with one attached hydrogen (secondary N) is 1. The van der Waals surface area contributed by atoms with E-state index in [-0.39, 0.29) is 5.88 Å². The second-order valence-corrected chi connectivity index (χ2v) is 6.93. The van der Waals surface area contributed by atoms with Crippen molar-refractivity contribution in [2.24, 2.45) is 0 Å². The molecule has 0 spiro atoms. The van der Waals surface area contributed by atoms with Crippen LogP contribution in [0.15, 0.2) is 57.4 Å². The van der Waals surface area contributed by atoms with Gasteiger partial charge in [0.05, 0.1) is 0 Å². The third-order valence-corrected chi connectivity index (χ3v) is 4.57. The number of nitrogens with zero attached hydrogens (tertiary/aromatic N) is 1. The molecule has 0 aliphatic heterocycles. The van der Waals surface area contributed by atoms with E-state index in [1.54, 1.807) is 19.9 Å². The Hall–Kier alpha value is -2.31. The monoisotopic (exact) mass is 434 g/mol. The Morgan fingerprint density at radius 2 is 1.92 bits per heavy atom. The van der Waals surface area contributed by atoms with E-state index in [0.29, 0.717) is 16.6 Å². The van der Waals surface area contributed by atoms with Crippen LogP contribution in [-0.2, 0) is 4.74 Å². The number of hydrogen-bond donors (Lipinski definition) is 1. The Morgan fingerprint density at radius 1 is 1.23 bits per heavy atom. The summed E-state index contributed by atoms with van der Waals surface area (Å²) in [5.41, 5.74) is 2.09.